The van der Waals surface area contributed by atoms with Crippen LogP contribution in [0.2, 0.25) is 0 Å². The summed E-state index contributed by atoms with van der Waals surface area (Å²) in [6.07, 6.45) is 0. The summed E-state index contributed by atoms with van der Waals surface area (Å²) in [6.45, 7) is 0.261. The highest BCUT2D eigenvalue weighted by atomic mass is 16.2. The van der Waals surface area contributed by atoms with Crippen LogP contribution in [-0.2, 0) is 16.9 Å². The third-order valence-electron chi connectivity index (χ3n) is 5.24. The third-order valence-corrected chi connectivity index (χ3v) is 5.24. The van der Waals surface area contributed by atoms with E-state index in [-0.39, 0.29) is 18.5 Å². The van der Waals surface area contributed by atoms with Crippen LogP contribution in [0.25, 0.3) is 11.1 Å². The first-order valence-electron chi connectivity index (χ1n) is 8.59. The lowest BCUT2D eigenvalue weighted by Crippen LogP contribution is -2.43. The van der Waals surface area contributed by atoms with Crippen LogP contribution >= 0.6 is 0 Å². The molecule has 3 aromatic rings. The summed E-state index contributed by atoms with van der Waals surface area (Å²) in [5.41, 5.74) is 3.48. The van der Waals surface area contributed by atoms with E-state index < -0.39 is 5.54 Å². The Bertz CT molecular complexity index is 997. The molecular weight excluding hydrogens is 324 g/mol. The molecule has 1 aliphatic heterocycles. The second kappa shape index (κ2) is 5.30. The molecule has 3 amide bonds. The molecule has 4 heteroatoms. The van der Waals surface area contributed by atoms with Gasteiger partial charge in [0.2, 0.25) is 0 Å². The van der Waals surface area contributed by atoms with Crippen LogP contribution in [0, 0.1) is 0 Å². The van der Waals surface area contributed by atoms with E-state index in [1.165, 1.54) is 4.90 Å². The van der Waals surface area contributed by atoms with Gasteiger partial charge in [-0.05, 0) is 27.8 Å². The van der Waals surface area contributed by atoms with E-state index in [0.717, 1.165) is 27.8 Å². The number of fused-ring (bicyclic) bond motifs is 5. The molecule has 0 bridgehead atoms. The largest absolute Gasteiger partial charge is 0.325 e. The zero-order valence-electron chi connectivity index (χ0n) is 14.0. The van der Waals surface area contributed by atoms with Gasteiger partial charge in [0.25, 0.3) is 5.91 Å². The lowest BCUT2D eigenvalue weighted by molar-refractivity contribution is -0.130. The number of carbonyl (C=O) groups excluding carboxylic acids is 2. The van der Waals surface area contributed by atoms with E-state index in [2.05, 4.69) is 5.32 Å². The molecule has 0 unspecified atom stereocenters. The van der Waals surface area contributed by atoms with E-state index in [4.69, 9.17) is 0 Å². The van der Waals surface area contributed by atoms with Crippen molar-refractivity contribution in [3.8, 4) is 11.1 Å². The summed E-state index contributed by atoms with van der Waals surface area (Å²) in [7, 11) is 0. The number of hydrogen-bond donors (Lipinski definition) is 1. The normalized spacial score (nSPS) is 16.5. The Labute approximate surface area is 151 Å². The molecule has 1 saturated heterocycles. The van der Waals surface area contributed by atoms with Crippen molar-refractivity contribution in [3.63, 3.8) is 0 Å². The number of urea groups is 1. The molecule has 126 valence electrons. The maximum absolute atomic E-state index is 13.5. The molecule has 1 N–H and O–H groups in total. The fourth-order valence-electron chi connectivity index (χ4n) is 4.09. The van der Waals surface area contributed by atoms with E-state index in [0.29, 0.717) is 0 Å². The molecule has 3 aromatic carbocycles. The van der Waals surface area contributed by atoms with Crippen LogP contribution < -0.4 is 5.32 Å². The van der Waals surface area contributed by atoms with E-state index in [9.17, 15) is 9.59 Å². The standard InChI is InChI=1S/C22H16N2O2/c25-20-22(23-21(26)24(20)14-15-8-2-1-3-9-15)18-12-6-4-10-16(18)17-11-5-7-13-19(17)22/h1-13H,14H2,(H,23,26). The second-order valence-electron chi connectivity index (χ2n) is 6.65. The first-order valence-corrected chi connectivity index (χ1v) is 8.59. The van der Waals surface area contributed by atoms with Crippen molar-refractivity contribution in [2.24, 2.45) is 0 Å². The maximum atomic E-state index is 13.5. The summed E-state index contributed by atoms with van der Waals surface area (Å²) in [6, 6.07) is 24.8. The first-order chi connectivity index (χ1) is 12.7. The Morgan fingerprint density at radius 1 is 0.731 bits per heavy atom. The number of nitrogens with zero attached hydrogens (tertiary/aromatic N) is 1. The molecule has 1 spiro atoms. The quantitative estimate of drug-likeness (QED) is 0.724. The van der Waals surface area contributed by atoms with Gasteiger partial charge in [-0.3, -0.25) is 9.69 Å². The first kappa shape index (κ1) is 14.9. The van der Waals surface area contributed by atoms with Gasteiger partial charge < -0.3 is 5.32 Å². The van der Waals surface area contributed by atoms with Gasteiger partial charge in [0.05, 0.1) is 6.54 Å². The summed E-state index contributed by atoms with van der Waals surface area (Å²) in [5.74, 6) is -0.219. The number of carbonyl (C=O) groups is 2. The minimum Gasteiger partial charge on any atom is -0.315 e. The van der Waals surface area contributed by atoms with Crippen LogP contribution in [0.1, 0.15) is 16.7 Å². The van der Waals surface area contributed by atoms with E-state index in [1.807, 2.05) is 78.9 Å². The third kappa shape index (κ3) is 1.84. The Hall–Kier alpha value is -3.40. The minimum atomic E-state index is -1.13. The van der Waals surface area contributed by atoms with Gasteiger partial charge >= 0.3 is 6.03 Å². The van der Waals surface area contributed by atoms with Gasteiger partial charge in [0, 0.05) is 0 Å². The number of nitrogens with one attached hydrogen (secondary N) is 1. The van der Waals surface area contributed by atoms with Crippen LogP contribution in [0.15, 0.2) is 78.9 Å². The van der Waals surface area contributed by atoms with Crippen molar-refractivity contribution in [3.05, 3.63) is 95.6 Å². The monoisotopic (exact) mass is 340 g/mol. The van der Waals surface area contributed by atoms with Crippen LogP contribution in [0.5, 0.6) is 0 Å². The average Bonchev–Trinajstić information content (AvgIpc) is 3.11. The fraction of sp³-hybridized carbons (Fsp3) is 0.0909. The lowest BCUT2D eigenvalue weighted by atomic mass is 9.87. The summed E-state index contributed by atoms with van der Waals surface area (Å²) in [5, 5.41) is 3.00. The van der Waals surface area contributed by atoms with Crippen molar-refractivity contribution in [2.45, 2.75) is 12.1 Å². The molecule has 2 aliphatic rings. The number of imide groups is 1. The predicted molar refractivity (Wildman–Crippen MR) is 98.2 cm³/mol. The Balaban J connectivity index is 1.66. The SMILES string of the molecule is O=C1NC2(C(=O)N1Cc1ccccc1)c1ccccc1-c1ccccc12. The van der Waals surface area contributed by atoms with Gasteiger partial charge in [-0.1, -0.05) is 78.9 Å². The van der Waals surface area contributed by atoms with E-state index in [1.54, 1.807) is 0 Å². The van der Waals surface area contributed by atoms with Crippen LogP contribution in [-0.4, -0.2) is 16.8 Å². The predicted octanol–water partition coefficient (Wildman–Crippen LogP) is 3.66. The topological polar surface area (TPSA) is 49.4 Å². The van der Waals surface area contributed by atoms with Crippen molar-refractivity contribution in [2.75, 3.05) is 0 Å². The fourth-order valence-corrected chi connectivity index (χ4v) is 4.09. The van der Waals surface area contributed by atoms with Gasteiger partial charge in [-0.25, -0.2) is 4.79 Å². The minimum absolute atomic E-state index is 0.219. The van der Waals surface area contributed by atoms with Crippen molar-refractivity contribution >= 4 is 11.9 Å². The molecule has 0 radical (unpaired) electrons. The van der Waals surface area contributed by atoms with Gasteiger partial charge in [-0.2, -0.15) is 0 Å². The second-order valence-corrected chi connectivity index (χ2v) is 6.65. The Morgan fingerprint density at radius 2 is 1.27 bits per heavy atom. The molecular formula is C22H16N2O2. The Kier molecular flexibility index (Phi) is 3.04. The zero-order valence-corrected chi connectivity index (χ0v) is 14.0. The Morgan fingerprint density at radius 3 is 1.88 bits per heavy atom. The van der Waals surface area contributed by atoms with E-state index >= 15 is 0 Å². The van der Waals surface area contributed by atoms with Crippen LogP contribution in [0.4, 0.5) is 4.79 Å². The number of benzene rings is 3. The number of hydrogen-bond acceptors (Lipinski definition) is 2. The highest BCUT2D eigenvalue weighted by molar-refractivity contribution is 6.13. The summed E-state index contributed by atoms with van der Waals surface area (Å²) >= 11 is 0. The summed E-state index contributed by atoms with van der Waals surface area (Å²) in [4.78, 5) is 27.6. The maximum Gasteiger partial charge on any atom is 0.325 e. The van der Waals surface area contributed by atoms with Gasteiger partial charge in [0.1, 0.15) is 0 Å². The molecule has 1 fully saturated rings. The van der Waals surface area contributed by atoms with Crippen molar-refractivity contribution < 1.29 is 9.59 Å². The smallest absolute Gasteiger partial charge is 0.315 e. The highest BCUT2D eigenvalue weighted by Crippen LogP contribution is 2.50. The molecule has 1 heterocycles. The molecule has 1 aliphatic carbocycles. The molecule has 26 heavy (non-hydrogen) atoms. The van der Waals surface area contributed by atoms with Gasteiger partial charge in [-0.15, -0.1) is 0 Å². The molecule has 5 rings (SSSR count). The van der Waals surface area contributed by atoms with Crippen LogP contribution in [0.3, 0.4) is 0 Å². The number of amides is 3. The molecule has 4 nitrogen and oxygen atoms in total. The summed E-state index contributed by atoms with van der Waals surface area (Å²) < 4.78 is 0. The molecule has 0 atom stereocenters. The van der Waals surface area contributed by atoms with Gasteiger partial charge in [0.15, 0.2) is 5.54 Å². The highest BCUT2D eigenvalue weighted by Gasteiger charge is 2.57. The van der Waals surface area contributed by atoms with Crippen molar-refractivity contribution in [1.82, 2.24) is 10.2 Å². The lowest BCUT2D eigenvalue weighted by Gasteiger charge is -2.24. The molecule has 0 saturated carbocycles. The number of rotatable bonds is 2. The van der Waals surface area contributed by atoms with Crippen molar-refractivity contribution in [1.29, 1.82) is 0 Å². The molecule has 0 aromatic heterocycles. The zero-order chi connectivity index (χ0) is 17.7. The average molecular weight is 340 g/mol.